The van der Waals surface area contributed by atoms with Gasteiger partial charge in [0, 0.05) is 43.8 Å². The molecule has 0 aliphatic heterocycles. The van der Waals surface area contributed by atoms with Crippen LogP contribution < -0.4 is 10.6 Å². The van der Waals surface area contributed by atoms with Gasteiger partial charge in [0.1, 0.15) is 5.82 Å². The second-order valence-corrected chi connectivity index (χ2v) is 5.31. The fourth-order valence-electron chi connectivity index (χ4n) is 1.47. The van der Waals surface area contributed by atoms with Crippen molar-refractivity contribution in [3.63, 3.8) is 0 Å². The summed E-state index contributed by atoms with van der Waals surface area (Å²) in [4.78, 5) is 12.5. The molecule has 0 saturated carbocycles. The van der Waals surface area contributed by atoms with Gasteiger partial charge in [0.25, 0.3) is 0 Å². The van der Waals surface area contributed by atoms with Crippen LogP contribution >= 0.6 is 11.8 Å². The van der Waals surface area contributed by atoms with E-state index in [0.717, 1.165) is 18.0 Å². The lowest BCUT2D eigenvalue weighted by atomic mass is 10.4. The molecular weight excluding hydrogens is 279 g/mol. The number of carbonyl (C=O) groups is 1. The van der Waals surface area contributed by atoms with Crippen LogP contribution in [-0.4, -0.2) is 45.0 Å². The lowest BCUT2D eigenvalue weighted by Crippen LogP contribution is -2.33. The number of methoxy groups -OCH3 is 1. The molecule has 0 fully saturated rings. The van der Waals surface area contributed by atoms with Crippen molar-refractivity contribution in [2.45, 2.75) is 11.3 Å². The number of hydrogen-bond acceptors (Lipinski definition) is 4. The first-order valence-corrected chi connectivity index (χ1v) is 7.55. The summed E-state index contributed by atoms with van der Waals surface area (Å²) in [5, 5.41) is 5.99. The molecule has 2 N–H and O–H groups in total. The van der Waals surface area contributed by atoms with Crippen LogP contribution in [0.5, 0.6) is 0 Å². The molecule has 1 amide bonds. The molecule has 0 saturated heterocycles. The molecule has 0 aromatic heterocycles. The van der Waals surface area contributed by atoms with E-state index >= 15 is 0 Å². The standard InChI is InChI=1S/C14H21FN2O2S/c1-19-10-9-16-7-8-17-14(18)6-11-20-13-4-2-12(15)3-5-13/h2-5,16H,6-11H2,1H3,(H,17,18). The molecule has 1 aromatic carbocycles. The fourth-order valence-corrected chi connectivity index (χ4v) is 2.32. The van der Waals surface area contributed by atoms with Crippen molar-refractivity contribution in [2.24, 2.45) is 0 Å². The van der Waals surface area contributed by atoms with Crippen LogP contribution in [0.2, 0.25) is 0 Å². The van der Waals surface area contributed by atoms with Crippen LogP contribution in [0.4, 0.5) is 4.39 Å². The molecule has 0 spiro atoms. The Labute approximate surface area is 123 Å². The third-order valence-corrected chi connectivity index (χ3v) is 3.53. The quantitative estimate of drug-likeness (QED) is 0.510. The first-order chi connectivity index (χ1) is 9.72. The SMILES string of the molecule is COCCNCCNC(=O)CCSc1ccc(F)cc1. The second kappa shape index (κ2) is 10.7. The Morgan fingerprint density at radius 3 is 2.70 bits per heavy atom. The van der Waals surface area contributed by atoms with E-state index in [0.29, 0.717) is 25.3 Å². The van der Waals surface area contributed by atoms with Gasteiger partial charge in [0.2, 0.25) is 5.91 Å². The van der Waals surface area contributed by atoms with Gasteiger partial charge in [0.15, 0.2) is 0 Å². The van der Waals surface area contributed by atoms with Crippen LogP contribution in [-0.2, 0) is 9.53 Å². The van der Waals surface area contributed by atoms with E-state index in [9.17, 15) is 9.18 Å². The van der Waals surface area contributed by atoms with Gasteiger partial charge in [-0.15, -0.1) is 11.8 Å². The Hall–Kier alpha value is -1.11. The summed E-state index contributed by atoms with van der Waals surface area (Å²) in [5.74, 6) is 0.482. The molecule has 6 heteroatoms. The minimum Gasteiger partial charge on any atom is -0.383 e. The largest absolute Gasteiger partial charge is 0.383 e. The summed E-state index contributed by atoms with van der Waals surface area (Å²) in [6.45, 7) is 2.80. The molecule has 0 heterocycles. The summed E-state index contributed by atoms with van der Waals surface area (Å²) >= 11 is 1.55. The van der Waals surface area contributed by atoms with Gasteiger partial charge >= 0.3 is 0 Å². The molecule has 20 heavy (non-hydrogen) atoms. The Balaban J connectivity index is 2.01. The van der Waals surface area contributed by atoms with Crippen molar-refractivity contribution in [1.82, 2.24) is 10.6 Å². The lowest BCUT2D eigenvalue weighted by Gasteiger charge is -2.06. The van der Waals surface area contributed by atoms with Gasteiger partial charge in [-0.05, 0) is 24.3 Å². The number of halogens is 1. The normalized spacial score (nSPS) is 10.5. The molecule has 0 bridgehead atoms. The van der Waals surface area contributed by atoms with Crippen molar-refractivity contribution in [3.8, 4) is 0 Å². The molecule has 112 valence electrons. The third-order valence-electron chi connectivity index (χ3n) is 2.52. The number of thioether (sulfide) groups is 1. The highest BCUT2D eigenvalue weighted by molar-refractivity contribution is 7.99. The number of hydrogen-bond donors (Lipinski definition) is 2. The van der Waals surface area contributed by atoms with Crippen LogP contribution in [0.25, 0.3) is 0 Å². The van der Waals surface area contributed by atoms with Crippen LogP contribution in [0.1, 0.15) is 6.42 Å². The zero-order valence-corrected chi connectivity index (χ0v) is 12.5. The van der Waals surface area contributed by atoms with Gasteiger partial charge < -0.3 is 15.4 Å². The molecule has 0 aliphatic rings. The zero-order valence-electron chi connectivity index (χ0n) is 11.7. The van der Waals surface area contributed by atoms with Gasteiger partial charge in [-0.2, -0.15) is 0 Å². The number of benzene rings is 1. The monoisotopic (exact) mass is 300 g/mol. The number of amides is 1. The van der Waals surface area contributed by atoms with E-state index in [4.69, 9.17) is 4.74 Å². The topological polar surface area (TPSA) is 50.4 Å². The van der Waals surface area contributed by atoms with Crippen LogP contribution in [0, 0.1) is 5.82 Å². The van der Waals surface area contributed by atoms with E-state index in [1.54, 1.807) is 31.0 Å². The van der Waals surface area contributed by atoms with E-state index in [1.165, 1.54) is 12.1 Å². The van der Waals surface area contributed by atoms with Gasteiger partial charge in [-0.3, -0.25) is 4.79 Å². The van der Waals surface area contributed by atoms with E-state index in [-0.39, 0.29) is 11.7 Å². The number of carbonyl (C=O) groups excluding carboxylic acids is 1. The maximum Gasteiger partial charge on any atom is 0.220 e. The van der Waals surface area contributed by atoms with Gasteiger partial charge in [0.05, 0.1) is 6.61 Å². The minimum atomic E-state index is -0.243. The molecule has 4 nitrogen and oxygen atoms in total. The smallest absolute Gasteiger partial charge is 0.220 e. The fraction of sp³-hybridized carbons (Fsp3) is 0.500. The Morgan fingerprint density at radius 1 is 1.25 bits per heavy atom. The number of ether oxygens (including phenoxy) is 1. The van der Waals surface area contributed by atoms with Gasteiger partial charge in [-0.1, -0.05) is 0 Å². The summed E-state index contributed by atoms with van der Waals surface area (Å²) in [6.07, 6.45) is 0.458. The summed E-state index contributed by atoms with van der Waals surface area (Å²) in [5.41, 5.74) is 0. The second-order valence-electron chi connectivity index (χ2n) is 4.15. The summed E-state index contributed by atoms with van der Waals surface area (Å²) in [7, 11) is 1.66. The van der Waals surface area contributed by atoms with Crippen molar-refractivity contribution >= 4 is 17.7 Å². The van der Waals surface area contributed by atoms with Crippen LogP contribution in [0.15, 0.2) is 29.2 Å². The molecule has 1 rings (SSSR count). The first-order valence-electron chi connectivity index (χ1n) is 6.57. The summed E-state index contributed by atoms with van der Waals surface area (Å²) in [6, 6.07) is 6.29. The average Bonchev–Trinajstić information content (AvgIpc) is 2.45. The van der Waals surface area contributed by atoms with Gasteiger partial charge in [-0.25, -0.2) is 4.39 Å². The third kappa shape index (κ3) is 8.14. The van der Waals surface area contributed by atoms with Crippen molar-refractivity contribution < 1.29 is 13.9 Å². The lowest BCUT2D eigenvalue weighted by molar-refractivity contribution is -0.120. The Bertz CT molecular complexity index is 387. The maximum absolute atomic E-state index is 12.7. The average molecular weight is 300 g/mol. The number of nitrogens with one attached hydrogen (secondary N) is 2. The minimum absolute atomic E-state index is 0.0353. The Kier molecular flexibility index (Phi) is 9.02. The maximum atomic E-state index is 12.7. The van der Waals surface area contributed by atoms with Crippen LogP contribution in [0.3, 0.4) is 0 Å². The molecule has 0 atom stereocenters. The highest BCUT2D eigenvalue weighted by Crippen LogP contribution is 2.18. The first kappa shape index (κ1) is 16.9. The molecule has 0 unspecified atom stereocenters. The highest BCUT2D eigenvalue weighted by Gasteiger charge is 2.01. The predicted molar refractivity (Wildman–Crippen MR) is 79.5 cm³/mol. The molecule has 0 aliphatic carbocycles. The van der Waals surface area contributed by atoms with Crippen molar-refractivity contribution in [1.29, 1.82) is 0 Å². The van der Waals surface area contributed by atoms with Crippen molar-refractivity contribution in [2.75, 3.05) is 39.1 Å². The predicted octanol–water partition coefficient (Wildman–Crippen LogP) is 1.66. The number of rotatable bonds is 10. The zero-order chi connectivity index (χ0) is 14.6. The molecule has 1 aromatic rings. The van der Waals surface area contributed by atoms with E-state index in [2.05, 4.69) is 10.6 Å². The van der Waals surface area contributed by atoms with Crippen molar-refractivity contribution in [3.05, 3.63) is 30.1 Å². The molecular formula is C14H21FN2O2S. The Morgan fingerprint density at radius 2 is 2.00 bits per heavy atom. The van der Waals surface area contributed by atoms with E-state index < -0.39 is 0 Å². The summed E-state index contributed by atoms with van der Waals surface area (Å²) < 4.78 is 17.6. The highest BCUT2D eigenvalue weighted by atomic mass is 32.2. The molecule has 0 radical (unpaired) electrons. The van der Waals surface area contributed by atoms with E-state index in [1.807, 2.05) is 0 Å².